The van der Waals surface area contributed by atoms with E-state index < -0.39 is 11.8 Å². The second-order valence-electron chi connectivity index (χ2n) is 4.18. The van der Waals surface area contributed by atoms with Crippen LogP contribution < -0.4 is 4.74 Å². The molecule has 0 unspecified atom stereocenters. The minimum Gasteiger partial charge on any atom is -0.494 e. The van der Waals surface area contributed by atoms with Gasteiger partial charge in [0, 0.05) is 18.4 Å². The fraction of sp³-hybridized carbons (Fsp3) is 0.385. The summed E-state index contributed by atoms with van der Waals surface area (Å²) in [6, 6.07) is 3.96. The molecule has 0 fully saturated rings. The number of rotatable bonds is 6. The zero-order valence-corrected chi connectivity index (χ0v) is 10.3. The van der Waals surface area contributed by atoms with Gasteiger partial charge < -0.3 is 9.84 Å². The Morgan fingerprint density at radius 3 is 2.56 bits per heavy atom. The molecule has 1 N–H and O–H groups in total. The molecule has 18 heavy (non-hydrogen) atoms. The molecule has 4 nitrogen and oxygen atoms in total. The number of carboxylic acid groups (broad SMARTS) is 1. The van der Waals surface area contributed by atoms with Crippen molar-refractivity contribution in [3.63, 3.8) is 0 Å². The molecule has 98 valence electrons. The van der Waals surface area contributed by atoms with Crippen molar-refractivity contribution in [3.8, 4) is 5.75 Å². The van der Waals surface area contributed by atoms with Crippen molar-refractivity contribution < 1.29 is 23.8 Å². The lowest BCUT2D eigenvalue weighted by Crippen LogP contribution is -2.10. The van der Waals surface area contributed by atoms with Gasteiger partial charge in [0.2, 0.25) is 0 Å². The number of carbonyl (C=O) groups excluding carboxylic acids is 1. The van der Waals surface area contributed by atoms with Gasteiger partial charge in [0.15, 0.2) is 17.3 Å². The SMILES string of the molecule is COc1ccc(C(=O)C[C@@H](C)CC(=O)O)cc1F. The smallest absolute Gasteiger partial charge is 0.303 e. The van der Waals surface area contributed by atoms with E-state index in [9.17, 15) is 14.0 Å². The molecule has 0 radical (unpaired) electrons. The van der Waals surface area contributed by atoms with Crippen LogP contribution >= 0.6 is 0 Å². The van der Waals surface area contributed by atoms with Crippen molar-refractivity contribution in [2.24, 2.45) is 5.92 Å². The van der Waals surface area contributed by atoms with Crippen molar-refractivity contribution >= 4 is 11.8 Å². The van der Waals surface area contributed by atoms with Crippen molar-refractivity contribution in [3.05, 3.63) is 29.6 Å². The van der Waals surface area contributed by atoms with E-state index in [2.05, 4.69) is 0 Å². The molecule has 0 amide bonds. The number of halogens is 1. The van der Waals surface area contributed by atoms with E-state index in [0.717, 1.165) is 6.07 Å². The second kappa shape index (κ2) is 6.14. The topological polar surface area (TPSA) is 63.6 Å². The highest BCUT2D eigenvalue weighted by Gasteiger charge is 2.15. The minimum absolute atomic E-state index is 0.0742. The number of hydrogen-bond acceptors (Lipinski definition) is 3. The fourth-order valence-electron chi connectivity index (χ4n) is 1.64. The maximum atomic E-state index is 13.4. The average Bonchev–Trinajstić information content (AvgIpc) is 2.27. The maximum Gasteiger partial charge on any atom is 0.303 e. The molecule has 1 rings (SSSR count). The standard InChI is InChI=1S/C13H15FO4/c1-8(6-13(16)17)5-11(15)9-3-4-12(18-2)10(14)7-9/h3-4,7-8H,5-6H2,1-2H3,(H,16,17)/t8-/m1/s1. The quantitative estimate of drug-likeness (QED) is 0.792. The van der Waals surface area contributed by atoms with Crippen LogP contribution in [0.25, 0.3) is 0 Å². The summed E-state index contributed by atoms with van der Waals surface area (Å²) < 4.78 is 18.1. The summed E-state index contributed by atoms with van der Waals surface area (Å²) in [6.45, 7) is 1.67. The van der Waals surface area contributed by atoms with Gasteiger partial charge >= 0.3 is 5.97 Å². The van der Waals surface area contributed by atoms with Crippen LogP contribution in [0.2, 0.25) is 0 Å². The van der Waals surface area contributed by atoms with Gasteiger partial charge in [-0.1, -0.05) is 6.92 Å². The zero-order valence-electron chi connectivity index (χ0n) is 10.3. The molecule has 0 saturated carbocycles. The summed E-state index contributed by atoms with van der Waals surface area (Å²) in [5.41, 5.74) is 0.227. The molecule has 1 aromatic carbocycles. The van der Waals surface area contributed by atoms with Crippen LogP contribution in [0.15, 0.2) is 18.2 Å². The molecule has 0 spiro atoms. The number of aliphatic carboxylic acids is 1. The van der Waals surface area contributed by atoms with Crippen LogP contribution in [0.4, 0.5) is 4.39 Å². The predicted molar refractivity (Wildman–Crippen MR) is 63.3 cm³/mol. The Labute approximate surface area is 104 Å². The first-order valence-electron chi connectivity index (χ1n) is 5.52. The molecular weight excluding hydrogens is 239 g/mol. The molecular formula is C13H15FO4. The number of benzene rings is 1. The Hall–Kier alpha value is -1.91. The van der Waals surface area contributed by atoms with Crippen LogP contribution in [0.3, 0.4) is 0 Å². The molecule has 0 heterocycles. The highest BCUT2D eigenvalue weighted by atomic mass is 19.1. The summed E-state index contributed by atoms with van der Waals surface area (Å²) >= 11 is 0. The number of carbonyl (C=O) groups is 2. The third-order valence-corrected chi connectivity index (χ3v) is 2.53. The Morgan fingerprint density at radius 1 is 1.39 bits per heavy atom. The van der Waals surface area contributed by atoms with E-state index in [0.29, 0.717) is 0 Å². The number of carboxylic acids is 1. The molecule has 0 aliphatic heterocycles. The van der Waals surface area contributed by atoms with Gasteiger partial charge in [-0.2, -0.15) is 0 Å². The Bertz CT molecular complexity index is 456. The Morgan fingerprint density at radius 2 is 2.06 bits per heavy atom. The zero-order chi connectivity index (χ0) is 13.7. The van der Waals surface area contributed by atoms with Gasteiger partial charge in [-0.05, 0) is 24.1 Å². The molecule has 0 aliphatic carbocycles. The lowest BCUT2D eigenvalue weighted by molar-refractivity contribution is -0.137. The Kier molecular flexibility index (Phi) is 4.83. The van der Waals surface area contributed by atoms with E-state index in [1.54, 1.807) is 6.92 Å². The molecule has 1 aromatic rings. The lowest BCUT2D eigenvalue weighted by Gasteiger charge is -2.08. The van der Waals surface area contributed by atoms with Gasteiger partial charge in [0.05, 0.1) is 7.11 Å². The third-order valence-electron chi connectivity index (χ3n) is 2.53. The highest BCUT2D eigenvalue weighted by Crippen LogP contribution is 2.20. The first kappa shape index (κ1) is 14.2. The van der Waals surface area contributed by atoms with Crippen LogP contribution in [-0.4, -0.2) is 24.0 Å². The molecule has 0 aliphatic rings. The summed E-state index contributed by atoms with van der Waals surface area (Å²) in [6.07, 6.45) is 0.00243. The second-order valence-corrected chi connectivity index (χ2v) is 4.18. The number of ether oxygens (including phenoxy) is 1. The Balaban J connectivity index is 2.72. The van der Waals surface area contributed by atoms with Gasteiger partial charge in [-0.15, -0.1) is 0 Å². The van der Waals surface area contributed by atoms with Crippen molar-refractivity contribution in [2.45, 2.75) is 19.8 Å². The molecule has 5 heteroatoms. The minimum atomic E-state index is -0.948. The third kappa shape index (κ3) is 3.84. The van der Waals surface area contributed by atoms with Crippen LogP contribution in [-0.2, 0) is 4.79 Å². The van der Waals surface area contributed by atoms with Crippen molar-refractivity contribution in [1.29, 1.82) is 0 Å². The number of Topliss-reactive ketones (excluding diaryl/α,β-unsaturated/α-hetero) is 1. The van der Waals surface area contributed by atoms with Gasteiger partial charge in [0.1, 0.15) is 0 Å². The fourth-order valence-corrected chi connectivity index (χ4v) is 1.64. The summed E-state index contributed by atoms with van der Waals surface area (Å²) in [5, 5.41) is 8.59. The molecule has 0 saturated heterocycles. The van der Waals surface area contributed by atoms with Gasteiger partial charge in [0.25, 0.3) is 0 Å². The van der Waals surface area contributed by atoms with E-state index in [1.807, 2.05) is 0 Å². The van der Waals surface area contributed by atoms with Gasteiger partial charge in [-0.25, -0.2) is 4.39 Å². The van der Waals surface area contributed by atoms with Gasteiger partial charge in [-0.3, -0.25) is 9.59 Å². The molecule has 1 atom stereocenters. The predicted octanol–water partition coefficient (Wildman–Crippen LogP) is 2.52. The van der Waals surface area contributed by atoms with Crippen LogP contribution in [0.1, 0.15) is 30.1 Å². The summed E-state index contributed by atoms with van der Waals surface area (Å²) in [4.78, 5) is 22.3. The van der Waals surface area contributed by atoms with Crippen molar-refractivity contribution in [2.75, 3.05) is 7.11 Å². The first-order chi connectivity index (χ1) is 8.43. The van der Waals surface area contributed by atoms with Crippen molar-refractivity contribution in [1.82, 2.24) is 0 Å². The van der Waals surface area contributed by atoms with E-state index in [-0.39, 0.29) is 35.9 Å². The maximum absolute atomic E-state index is 13.4. The monoisotopic (exact) mass is 254 g/mol. The number of hydrogen-bond donors (Lipinski definition) is 1. The summed E-state index contributed by atoms with van der Waals surface area (Å²) in [7, 11) is 1.34. The number of ketones is 1. The van der Waals surface area contributed by atoms with E-state index in [1.165, 1.54) is 19.2 Å². The summed E-state index contributed by atoms with van der Waals surface area (Å²) in [5.74, 6) is -2.03. The number of methoxy groups -OCH3 is 1. The molecule has 0 aromatic heterocycles. The average molecular weight is 254 g/mol. The van der Waals surface area contributed by atoms with E-state index in [4.69, 9.17) is 9.84 Å². The lowest BCUT2D eigenvalue weighted by atomic mass is 9.97. The molecule has 0 bridgehead atoms. The van der Waals surface area contributed by atoms with Crippen LogP contribution in [0, 0.1) is 11.7 Å². The van der Waals surface area contributed by atoms with Crippen LogP contribution in [0.5, 0.6) is 5.75 Å². The highest BCUT2D eigenvalue weighted by molar-refractivity contribution is 5.96. The van der Waals surface area contributed by atoms with E-state index >= 15 is 0 Å². The first-order valence-corrected chi connectivity index (χ1v) is 5.52. The normalized spacial score (nSPS) is 11.9. The largest absolute Gasteiger partial charge is 0.494 e.